The highest BCUT2D eigenvalue weighted by Gasteiger charge is 2.12. The van der Waals surface area contributed by atoms with Crippen molar-refractivity contribution in [3.8, 4) is 5.88 Å². The van der Waals surface area contributed by atoms with Gasteiger partial charge in [-0.25, -0.2) is 0 Å². The van der Waals surface area contributed by atoms with E-state index >= 15 is 0 Å². The monoisotopic (exact) mass is 288 g/mol. The molecule has 0 radical (unpaired) electrons. The van der Waals surface area contributed by atoms with Crippen LogP contribution in [0.5, 0.6) is 5.88 Å². The molecule has 0 aromatic carbocycles. The van der Waals surface area contributed by atoms with Gasteiger partial charge in [-0.2, -0.15) is 4.98 Å². The molecule has 7 nitrogen and oxygen atoms in total. The van der Waals surface area contributed by atoms with E-state index in [1.54, 1.807) is 18.4 Å². The minimum absolute atomic E-state index is 0.0453. The van der Waals surface area contributed by atoms with E-state index in [0.29, 0.717) is 25.6 Å². The lowest BCUT2D eigenvalue weighted by atomic mass is 10.5. The van der Waals surface area contributed by atoms with Crippen molar-refractivity contribution in [1.29, 1.82) is 0 Å². The van der Waals surface area contributed by atoms with Crippen LogP contribution in [0.2, 0.25) is 0 Å². The topological polar surface area (TPSA) is 89.7 Å². The Kier molecular flexibility index (Phi) is 6.54. The van der Waals surface area contributed by atoms with Gasteiger partial charge in [0.25, 0.3) is 0 Å². The van der Waals surface area contributed by atoms with E-state index in [9.17, 15) is 4.79 Å². The number of thiazole rings is 1. The smallest absolute Gasteiger partial charge is 0.243 e. The van der Waals surface area contributed by atoms with Crippen molar-refractivity contribution >= 4 is 22.4 Å². The number of carbonyl (C=O) groups excluding carboxylic acids is 1. The van der Waals surface area contributed by atoms with Crippen LogP contribution in [-0.4, -0.2) is 51.9 Å². The lowest BCUT2D eigenvalue weighted by Gasteiger charge is -2.05. The number of hydrogen-bond acceptors (Lipinski definition) is 7. The maximum atomic E-state index is 10.5. The zero-order valence-corrected chi connectivity index (χ0v) is 12.2. The number of hydrogen-bond donors (Lipinski definition) is 2. The predicted molar refractivity (Wildman–Crippen MR) is 74.7 cm³/mol. The summed E-state index contributed by atoms with van der Waals surface area (Å²) in [5.74, 6) is 0.180. The highest BCUT2D eigenvalue weighted by molar-refractivity contribution is 7.15. The summed E-state index contributed by atoms with van der Waals surface area (Å²) in [6, 6.07) is 0. The number of amides is 1. The number of aromatic nitrogens is 1. The van der Waals surface area contributed by atoms with Gasteiger partial charge in [0.2, 0.25) is 11.8 Å². The highest BCUT2D eigenvalue weighted by atomic mass is 32.1. The van der Waals surface area contributed by atoms with Crippen LogP contribution in [0.15, 0.2) is 0 Å². The fourth-order valence-corrected chi connectivity index (χ4v) is 2.23. The number of primary amides is 1. The average Bonchev–Trinajstić information content (AvgIpc) is 2.76. The fraction of sp³-hybridized carbons (Fsp3) is 0.636. The number of nitrogens with two attached hydrogens (primary N) is 1. The zero-order chi connectivity index (χ0) is 14.3. The lowest BCUT2D eigenvalue weighted by molar-refractivity contribution is -0.122. The molecule has 1 aromatic rings. The maximum absolute atomic E-state index is 10.5. The zero-order valence-electron chi connectivity index (χ0n) is 11.4. The van der Waals surface area contributed by atoms with Gasteiger partial charge in [0.15, 0.2) is 5.13 Å². The van der Waals surface area contributed by atoms with Crippen LogP contribution in [0.3, 0.4) is 0 Å². The molecule has 0 fully saturated rings. The van der Waals surface area contributed by atoms with Crippen molar-refractivity contribution in [3.05, 3.63) is 4.88 Å². The number of methoxy groups -OCH3 is 1. The molecule has 0 aliphatic carbocycles. The largest absolute Gasteiger partial charge is 0.480 e. The Morgan fingerprint density at radius 3 is 2.84 bits per heavy atom. The second kappa shape index (κ2) is 7.93. The third-order valence-electron chi connectivity index (χ3n) is 2.18. The lowest BCUT2D eigenvalue weighted by Crippen LogP contribution is -2.23. The third-order valence-corrected chi connectivity index (χ3v) is 3.38. The number of anilines is 1. The van der Waals surface area contributed by atoms with E-state index in [2.05, 4.69) is 10.3 Å². The van der Waals surface area contributed by atoms with E-state index in [4.69, 9.17) is 15.2 Å². The van der Waals surface area contributed by atoms with Crippen LogP contribution < -0.4 is 20.7 Å². The number of rotatable bonds is 9. The summed E-state index contributed by atoms with van der Waals surface area (Å²) >= 11 is 1.57. The van der Waals surface area contributed by atoms with E-state index in [-0.39, 0.29) is 6.61 Å². The summed E-state index contributed by atoms with van der Waals surface area (Å²) in [5, 5.41) is 4.10. The molecule has 0 saturated carbocycles. The van der Waals surface area contributed by atoms with Gasteiger partial charge < -0.3 is 25.4 Å². The Hall–Kier alpha value is -1.38. The van der Waals surface area contributed by atoms with Crippen LogP contribution in [0.25, 0.3) is 0 Å². The van der Waals surface area contributed by atoms with E-state index in [0.717, 1.165) is 10.0 Å². The first-order valence-electron chi connectivity index (χ1n) is 5.82. The molecule has 1 rings (SSSR count). The average molecular weight is 288 g/mol. The normalized spacial score (nSPS) is 10.5. The minimum Gasteiger partial charge on any atom is -0.480 e. The standard InChI is InChI=1S/C11H20N4O3S/c1-15(2)11-14-10(17-3)8(19-11)6-13-4-5-18-7-9(12)16/h13H,4-7H2,1-3H3,(H2,12,16). The Balaban J connectivity index is 2.34. The molecular formula is C11H20N4O3S. The molecule has 0 spiro atoms. The quantitative estimate of drug-likeness (QED) is 0.612. The van der Waals surface area contributed by atoms with Crippen molar-refractivity contribution in [2.45, 2.75) is 6.54 Å². The molecule has 1 heterocycles. The first kappa shape index (κ1) is 15.7. The second-order valence-electron chi connectivity index (χ2n) is 4.02. The molecule has 0 bridgehead atoms. The Morgan fingerprint density at radius 2 is 2.26 bits per heavy atom. The predicted octanol–water partition coefficient (Wildman–Crippen LogP) is -0.191. The molecule has 19 heavy (non-hydrogen) atoms. The van der Waals surface area contributed by atoms with Gasteiger partial charge in [-0.3, -0.25) is 4.79 Å². The van der Waals surface area contributed by atoms with Crippen LogP contribution >= 0.6 is 11.3 Å². The molecule has 3 N–H and O–H groups in total. The molecule has 0 saturated heterocycles. The van der Waals surface area contributed by atoms with Crippen molar-refractivity contribution in [2.75, 3.05) is 45.9 Å². The van der Waals surface area contributed by atoms with Crippen molar-refractivity contribution in [3.63, 3.8) is 0 Å². The fourth-order valence-electron chi connectivity index (χ4n) is 1.31. The van der Waals surface area contributed by atoms with Gasteiger partial charge in [-0.1, -0.05) is 11.3 Å². The molecule has 108 valence electrons. The Labute approximate surface area is 116 Å². The van der Waals surface area contributed by atoms with Gasteiger partial charge in [-0.05, 0) is 0 Å². The third kappa shape index (κ3) is 5.41. The second-order valence-corrected chi connectivity index (χ2v) is 5.08. The summed E-state index contributed by atoms with van der Waals surface area (Å²) in [6.45, 7) is 1.67. The molecule has 0 aliphatic heterocycles. The van der Waals surface area contributed by atoms with Crippen molar-refractivity contribution in [1.82, 2.24) is 10.3 Å². The molecule has 0 atom stereocenters. The van der Waals surface area contributed by atoms with Crippen LogP contribution in [-0.2, 0) is 16.1 Å². The number of nitrogens with one attached hydrogen (secondary N) is 1. The van der Waals surface area contributed by atoms with Gasteiger partial charge >= 0.3 is 0 Å². The molecule has 0 unspecified atom stereocenters. The van der Waals surface area contributed by atoms with E-state index in [1.165, 1.54) is 0 Å². The van der Waals surface area contributed by atoms with Crippen molar-refractivity contribution in [2.24, 2.45) is 5.73 Å². The van der Waals surface area contributed by atoms with Crippen LogP contribution in [0.4, 0.5) is 5.13 Å². The molecule has 1 aromatic heterocycles. The number of ether oxygens (including phenoxy) is 2. The van der Waals surface area contributed by atoms with Gasteiger partial charge in [-0.15, -0.1) is 0 Å². The van der Waals surface area contributed by atoms with Crippen LogP contribution in [0, 0.1) is 0 Å². The maximum Gasteiger partial charge on any atom is 0.243 e. The van der Waals surface area contributed by atoms with E-state index in [1.807, 2.05) is 19.0 Å². The summed E-state index contributed by atoms with van der Waals surface area (Å²) in [7, 11) is 5.48. The van der Waals surface area contributed by atoms with Gasteiger partial charge in [0, 0.05) is 27.2 Å². The summed E-state index contributed by atoms with van der Waals surface area (Å²) < 4.78 is 10.3. The van der Waals surface area contributed by atoms with Gasteiger partial charge in [0.05, 0.1) is 18.6 Å². The Morgan fingerprint density at radius 1 is 1.53 bits per heavy atom. The molecule has 8 heteroatoms. The van der Waals surface area contributed by atoms with Gasteiger partial charge in [0.1, 0.15) is 6.61 Å². The summed E-state index contributed by atoms with van der Waals surface area (Å²) in [5.41, 5.74) is 4.96. The first-order valence-corrected chi connectivity index (χ1v) is 6.64. The minimum atomic E-state index is -0.459. The Bertz CT molecular complexity index is 409. The molecule has 0 aliphatic rings. The highest BCUT2D eigenvalue weighted by Crippen LogP contribution is 2.29. The number of carbonyl (C=O) groups is 1. The van der Waals surface area contributed by atoms with Crippen LogP contribution in [0.1, 0.15) is 4.88 Å². The summed E-state index contributed by atoms with van der Waals surface area (Å²) in [6.07, 6.45) is 0. The molecular weight excluding hydrogens is 268 g/mol. The SMILES string of the molecule is COc1nc(N(C)C)sc1CNCCOCC(N)=O. The first-order chi connectivity index (χ1) is 9.04. The van der Waals surface area contributed by atoms with E-state index < -0.39 is 5.91 Å². The number of nitrogens with zero attached hydrogens (tertiary/aromatic N) is 2. The van der Waals surface area contributed by atoms with Crippen molar-refractivity contribution < 1.29 is 14.3 Å². The summed E-state index contributed by atoms with van der Waals surface area (Å²) in [4.78, 5) is 17.8. The molecule has 1 amide bonds.